The Hall–Kier alpha value is -0.840. The molecule has 1 N–H and O–H groups in total. The van der Waals surface area contributed by atoms with Crippen LogP contribution in [0.4, 0.5) is 0 Å². The molecule has 0 amide bonds. The standard InChI is InChI=1S/C13H15BrClN3/c1-8-13(14)9(2)18(17-8)12-5-4-10(7-16-3)6-11(12)15/h4-6,16H,7H2,1-3H3. The third-order valence-corrected chi connectivity index (χ3v) is 4.27. The van der Waals surface area contributed by atoms with E-state index in [1.54, 1.807) is 0 Å². The molecule has 0 saturated carbocycles. The number of halogens is 2. The molecular weight excluding hydrogens is 314 g/mol. The van der Waals surface area contributed by atoms with Gasteiger partial charge in [-0.05, 0) is 54.5 Å². The Morgan fingerprint density at radius 1 is 1.39 bits per heavy atom. The predicted octanol–water partition coefficient (Wildman–Crippen LogP) is 3.62. The molecule has 18 heavy (non-hydrogen) atoms. The minimum atomic E-state index is 0.709. The normalized spacial score (nSPS) is 10.9. The molecule has 0 aliphatic carbocycles. The van der Waals surface area contributed by atoms with Gasteiger partial charge in [-0.25, -0.2) is 4.68 Å². The van der Waals surface area contributed by atoms with E-state index in [-0.39, 0.29) is 0 Å². The molecule has 0 aliphatic heterocycles. The van der Waals surface area contributed by atoms with Gasteiger partial charge in [0.05, 0.1) is 26.6 Å². The number of aromatic nitrogens is 2. The average molecular weight is 329 g/mol. The summed E-state index contributed by atoms with van der Waals surface area (Å²) in [6, 6.07) is 6.03. The van der Waals surface area contributed by atoms with Crippen LogP contribution in [0.2, 0.25) is 5.02 Å². The van der Waals surface area contributed by atoms with Gasteiger partial charge in [-0.15, -0.1) is 0 Å². The SMILES string of the molecule is CNCc1ccc(-n2nc(C)c(Br)c2C)c(Cl)c1. The maximum Gasteiger partial charge on any atom is 0.0835 e. The molecule has 1 aromatic heterocycles. The molecule has 5 heteroatoms. The Kier molecular flexibility index (Phi) is 4.10. The molecular formula is C13H15BrClN3. The van der Waals surface area contributed by atoms with Crippen LogP contribution in [-0.4, -0.2) is 16.8 Å². The molecule has 3 nitrogen and oxygen atoms in total. The molecule has 0 bridgehead atoms. The van der Waals surface area contributed by atoms with E-state index >= 15 is 0 Å². The lowest BCUT2D eigenvalue weighted by Gasteiger charge is -2.09. The van der Waals surface area contributed by atoms with Gasteiger partial charge in [0.1, 0.15) is 0 Å². The van der Waals surface area contributed by atoms with Gasteiger partial charge in [0.2, 0.25) is 0 Å². The van der Waals surface area contributed by atoms with E-state index in [9.17, 15) is 0 Å². The molecule has 1 aromatic carbocycles. The summed E-state index contributed by atoms with van der Waals surface area (Å²) >= 11 is 9.85. The Bertz CT molecular complexity index is 578. The second-order valence-corrected chi connectivity index (χ2v) is 5.41. The van der Waals surface area contributed by atoms with Gasteiger partial charge in [-0.3, -0.25) is 0 Å². The Balaban J connectivity index is 2.48. The molecule has 96 valence electrons. The van der Waals surface area contributed by atoms with Crippen molar-refractivity contribution in [1.82, 2.24) is 15.1 Å². The van der Waals surface area contributed by atoms with Crippen LogP contribution >= 0.6 is 27.5 Å². The molecule has 0 aliphatic rings. The fourth-order valence-corrected chi connectivity index (χ4v) is 2.42. The first kappa shape index (κ1) is 13.6. The minimum absolute atomic E-state index is 0.709. The number of aryl methyl sites for hydroxylation is 1. The van der Waals surface area contributed by atoms with Crippen molar-refractivity contribution >= 4 is 27.5 Å². The maximum atomic E-state index is 6.33. The summed E-state index contributed by atoms with van der Waals surface area (Å²) in [5.74, 6) is 0. The van der Waals surface area contributed by atoms with Crippen LogP contribution in [0.1, 0.15) is 17.0 Å². The summed E-state index contributed by atoms with van der Waals surface area (Å²) in [5.41, 5.74) is 4.08. The predicted molar refractivity (Wildman–Crippen MR) is 78.5 cm³/mol. The summed E-state index contributed by atoms with van der Waals surface area (Å²) in [4.78, 5) is 0. The zero-order valence-electron chi connectivity index (χ0n) is 10.6. The molecule has 0 fully saturated rings. The van der Waals surface area contributed by atoms with Crippen LogP contribution in [0.25, 0.3) is 5.69 Å². The van der Waals surface area contributed by atoms with Gasteiger partial charge in [-0.2, -0.15) is 5.10 Å². The van der Waals surface area contributed by atoms with Crippen molar-refractivity contribution in [3.05, 3.63) is 44.6 Å². The van der Waals surface area contributed by atoms with Crippen molar-refractivity contribution < 1.29 is 0 Å². The van der Waals surface area contributed by atoms with Crippen molar-refractivity contribution in [2.24, 2.45) is 0 Å². The van der Waals surface area contributed by atoms with E-state index in [0.29, 0.717) is 5.02 Å². The van der Waals surface area contributed by atoms with Crippen molar-refractivity contribution in [2.45, 2.75) is 20.4 Å². The highest BCUT2D eigenvalue weighted by molar-refractivity contribution is 9.10. The lowest BCUT2D eigenvalue weighted by atomic mass is 10.2. The fourth-order valence-electron chi connectivity index (χ4n) is 1.89. The molecule has 0 radical (unpaired) electrons. The van der Waals surface area contributed by atoms with Crippen LogP contribution in [0, 0.1) is 13.8 Å². The van der Waals surface area contributed by atoms with Crippen molar-refractivity contribution in [3.63, 3.8) is 0 Å². The molecule has 1 heterocycles. The van der Waals surface area contributed by atoms with Crippen LogP contribution < -0.4 is 5.32 Å². The van der Waals surface area contributed by atoms with Gasteiger partial charge in [0.15, 0.2) is 0 Å². The topological polar surface area (TPSA) is 29.9 Å². The van der Waals surface area contributed by atoms with Crippen molar-refractivity contribution in [2.75, 3.05) is 7.05 Å². The molecule has 0 spiro atoms. The number of hydrogen-bond donors (Lipinski definition) is 1. The molecule has 2 rings (SSSR count). The molecule has 2 aromatic rings. The Morgan fingerprint density at radius 3 is 2.61 bits per heavy atom. The zero-order chi connectivity index (χ0) is 13.3. The van der Waals surface area contributed by atoms with Gasteiger partial charge in [0, 0.05) is 6.54 Å². The first-order valence-corrected chi connectivity index (χ1v) is 6.86. The molecule has 0 saturated heterocycles. The van der Waals surface area contributed by atoms with Gasteiger partial charge < -0.3 is 5.32 Å². The van der Waals surface area contributed by atoms with Crippen LogP contribution in [0.15, 0.2) is 22.7 Å². The minimum Gasteiger partial charge on any atom is -0.316 e. The van der Waals surface area contributed by atoms with E-state index in [1.807, 2.05) is 37.7 Å². The fraction of sp³-hybridized carbons (Fsp3) is 0.308. The van der Waals surface area contributed by atoms with Gasteiger partial charge in [0.25, 0.3) is 0 Å². The summed E-state index contributed by atoms with van der Waals surface area (Å²) in [6.07, 6.45) is 0. The number of hydrogen-bond acceptors (Lipinski definition) is 2. The highest BCUT2D eigenvalue weighted by Crippen LogP contribution is 2.27. The monoisotopic (exact) mass is 327 g/mol. The summed E-state index contributed by atoms with van der Waals surface area (Å²) < 4.78 is 2.89. The lowest BCUT2D eigenvalue weighted by molar-refractivity contribution is 0.810. The first-order valence-electron chi connectivity index (χ1n) is 5.69. The van der Waals surface area contributed by atoms with Crippen LogP contribution in [-0.2, 0) is 6.54 Å². The maximum absolute atomic E-state index is 6.33. The summed E-state index contributed by atoms with van der Waals surface area (Å²) in [7, 11) is 1.92. The van der Waals surface area contributed by atoms with Gasteiger partial charge >= 0.3 is 0 Å². The lowest BCUT2D eigenvalue weighted by Crippen LogP contribution is -2.06. The number of nitrogens with zero attached hydrogens (tertiary/aromatic N) is 2. The summed E-state index contributed by atoms with van der Waals surface area (Å²) in [5, 5.41) is 8.30. The van der Waals surface area contributed by atoms with E-state index in [4.69, 9.17) is 11.6 Å². The number of benzene rings is 1. The van der Waals surface area contributed by atoms with E-state index in [2.05, 4.69) is 32.4 Å². The smallest absolute Gasteiger partial charge is 0.0835 e. The molecule has 0 atom stereocenters. The zero-order valence-corrected chi connectivity index (χ0v) is 12.9. The highest BCUT2D eigenvalue weighted by Gasteiger charge is 2.12. The van der Waals surface area contributed by atoms with E-state index < -0.39 is 0 Å². The highest BCUT2D eigenvalue weighted by atomic mass is 79.9. The summed E-state index contributed by atoms with van der Waals surface area (Å²) in [6.45, 7) is 4.79. The second kappa shape index (κ2) is 5.43. The second-order valence-electron chi connectivity index (χ2n) is 4.21. The molecule has 0 unspecified atom stereocenters. The van der Waals surface area contributed by atoms with Crippen molar-refractivity contribution in [1.29, 1.82) is 0 Å². The number of nitrogens with one attached hydrogen (secondary N) is 1. The Labute approximate surface area is 120 Å². The number of rotatable bonds is 3. The largest absolute Gasteiger partial charge is 0.316 e. The van der Waals surface area contributed by atoms with Crippen LogP contribution in [0.3, 0.4) is 0 Å². The quantitative estimate of drug-likeness (QED) is 0.932. The van der Waals surface area contributed by atoms with E-state index in [1.165, 1.54) is 0 Å². The van der Waals surface area contributed by atoms with Crippen molar-refractivity contribution in [3.8, 4) is 5.69 Å². The first-order chi connectivity index (χ1) is 8.54. The third kappa shape index (κ3) is 2.46. The average Bonchev–Trinajstić information content (AvgIpc) is 2.58. The van der Waals surface area contributed by atoms with Crippen LogP contribution in [0.5, 0.6) is 0 Å². The third-order valence-electron chi connectivity index (χ3n) is 2.82. The Morgan fingerprint density at radius 2 is 2.11 bits per heavy atom. The van der Waals surface area contributed by atoms with Gasteiger partial charge in [-0.1, -0.05) is 17.7 Å². The van der Waals surface area contributed by atoms with E-state index in [0.717, 1.165) is 33.7 Å².